The number of hydrogen-bond acceptors (Lipinski definition) is 6. The van der Waals surface area contributed by atoms with Crippen molar-refractivity contribution in [1.82, 2.24) is 10.6 Å². The zero-order valence-electron chi connectivity index (χ0n) is 14.0. The molecule has 6 nitrogen and oxygen atoms in total. The van der Waals surface area contributed by atoms with Crippen molar-refractivity contribution < 1.29 is 18.6 Å². The molecule has 0 amide bonds. The van der Waals surface area contributed by atoms with Gasteiger partial charge >= 0.3 is 0 Å². The summed E-state index contributed by atoms with van der Waals surface area (Å²) in [6.45, 7) is 0.695. The maximum absolute atomic E-state index is 14.0. The van der Waals surface area contributed by atoms with Gasteiger partial charge in [-0.15, -0.1) is 0 Å². The Hall–Kier alpha value is -2.28. The summed E-state index contributed by atoms with van der Waals surface area (Å²) in [7, 11) is 0. The second-order valence-electron chi connectivity index (χ2n) is 6.44. The Balaban J connectivity index is 1.33. The van der Waals surface area contributed by atoms with Crippen LogP contribution < -0.4 is 20.1 Å². The van der Waals surface area contributed by atoms with Gasteiger partial charge in [-0.05, 0) is 30.5 Å². The van der Waals surface area contributed by atoms with E-state index in [0.717, 1.165) is 24.2 Å². The highest BCUT2D eigenvalue weighted by molar-refractivity contribution is 5.77. The molecule has 2 aliphatic heterocycles. The highest BCUT2D eigenvalue weighted by atomic mass is 19.1. The highest BCUT2D eigenvalue weighted by Crippen LogP contribution is 2.32. The van der Waals surface area contributed by atoms with Crippen LogP contribution in [0.15, 0.2) is 34.8 Å². The van der Waals surface area contributed by atoms with E-state index >= 15 is 0 Å². The molecule has 134 valence electrons. The molecule has 4 rings (SSSR count). The van der Waals surface area contributed by atoms with Crippen LogP contribution in [0.5, 0.6) is 11.5 Å². The van der Waals surface area contributed by atoms with Crippen LogP contribution in [-0.4, -0.2) is 25.5 Å². The lowest BCUT2D eigenvalue weighted by Crippen LogP contribution is -2.41. The Morgan fingerprint density at radius 3 is 2.92 bits per heavy atom. The molecule has 0 spiro atoms. The fourth-order valence-electron chi connectivity index (χ4n) is 3.26. The first-order valence-electron chi connectivity index (χ1n) is 8.75. The van der Waals surface area contributed by atoms with Gasteiger partial charge in [-0.25, -0.2) is 9.38 Å². The number of halogens is 1. The third kappa shape index (κ3) is 3.87. The highest BCUT2D eigenvalue weighted by Gasteiger charge is 2.22. The van der Waals surface area contributed by atoms with Gasteiger partial charge < -0.3 is 24.8 Å². The van der Waals surface area contributed by atoms with Crippen LogP contribution in [0, 0.1) is 0 Å². The molecule has 1 unspecified atom stereocenters. The number of hydrogen-bond donors (Lipinski definition) is 2. The van der Waals surface area contributed by atoms with Gasteiger partial charge in [-0.1, -0.05) is 25.3 Å². The molecule has 1 aliphatic carbocycles. The van der Waals surface area contributed by atoms with Gasteiger partial charge in [0.15, 0.2) is 17.3 Å². The minimum absolute atomic E-state index is 0.194. The van der Waals surface area contributed by atoms with Crippen LogP contribution in [0.25, 0.3) is 0 Å². The molecule has 0 aromatic heterocycles. The van der Waals surface area contributed by atoms with Crippen molar-refractivity contribution in [3.8, 4) is 11.5 Å². The maximum atomic E-state index is 14.0. The number of allylic oxidation sites excluding steroid dienone is 1. The first-order valence-corrected chi connectivity index (χ1v) is 8.75. The number of nitrogens with zero attached hydrogens (tertiary/aromatic N) is 1. The summed E-state index contributed by atoms with van der Waals surface area (Å²) < 4.78 is 30.6. The largest absolute Gasteiger partial charge is 0.454 e. The minimum atomic E-state index is -0.540. The van der Waals surface area contributed by atoms with Gasteiger partial charge in [0.05, 0.1) is 12.3 Å². The van der Waals surface area contributed by atoms with Crippen molar-refractivity contribution in [2.45, 2.75) is 51.1 Å². The van der Waals surface area contributed by atoms with E-state index in [9.17, 15) is 4.39 Å². The molecule has 0 radical (unpaired) electrons. The van der Waals surface area contributed by atoms with E-state index in [1.54, 1.807) is 0 Å². The number of nitrogens with one attached hydrogen (secondary N) is 2. The summed E-state index contributed by atoms with van der Waals surface area (Å²) in [5, 5.41) is 6.06. The van der Waals surface area contributed by atoms with Crippen molar-refractivity contribution in [2.24, 2.45) is 4.99 Å². The molecule has 3 aliphatic rings. The second kappa shape index (κ2) is 7.31. The normalized spacial score (nSPS) is 22.8. The molecule has 0 bridgehead atoms. The maximum Gasteiger partial charge on any atom is 0.231 e. The summed E-state index contributed by atoms with van der Waals surface area (Å²) in [6.07, 6.45) is 6.58. The minimum Gasteiger partial charge on any atom is -0.454 e. The number of ether oxygens (including phenoxy) is 3. The Kier molecular flexibility index (Phi) is 4.74. The molecule has 25 heavy (non-hydrogen) atoms. The molecular formula is C18H22FN3O3. The number of benzene rings is 1. The molecular weight excluding hydrogens is 325 g/mol. The summed E-state index contributed by atoms with van der Waals surface area (Å²) in [4.78, 5) is 4.09. The molecule has 1 saturated carbocycles. The van der Waals surface area contributed by atoms with Crippen molar-refractivity contribution >= 4 is 6.21 Å². The zero-order valence-corrected chi connectivity index (χ0v) is 14.0. The first kappa shape index (κ1) is 16.2. The van der Waals surface area contributed by atoms with Crippen molar-refractivity contribution in [3.05, 3.63) is 35.4 Å². The summed E-state index contributed by atoms with van der Waals surface area (Å²) in [5.41, 5.74) is 0.971. The van der Waals surface area contributed by atoms with Crippen LogP contribution in [0.1, 0.15) is 37.7 Å². The van der Waals surface area contributed by atoms with E-state index in [1.165, 1.54) is 25.5 Å². The predicted molar refractivity (Wildman–Crippen MR) is 90.9 cm³/mol. The topological polar surface area (TPSA) is 64.1 Å². The molecule has 7 heteroatoms. The van der Waals surface area contributed by atoms with Crippen LogP contribution in [0.2, 0.25) is 0 Å². The molecule has 2 N–H and O–H groups in total. The summed E-state index contributed by atoms with van der Waals surface area (Å²) in [6, 6.07) is 5.67. The lowest BCUT2D eigenvalue weighted by molar-refractivity contribution is -0.0384. The summed E-state index contributed by atoms with van der Waals surface area (Å²) in [5.74, 6) is 1.32. The molecule has 1 aromatic carbocycles. The molecule has 0 saturated heterocycles. The number of rotatable bonds is 5. The van der Waals surface area contributed by atoms with Gasteiger partial charge in [0, 0.05) is 6.54 Å². The Labute approximate surface area is 146 Å². The van der Waals surface area contributed by atoms with E-state index in [2.05, 4.69) is 15.6 Å². The SMILES string of the molecule is FC1=C(NCc2ccc3c(c2)OCO3)NC(OC2CCCCC2)N=C1. The molecule has 2 heterocycles. The molecule has 1 fully saturated rings. The average Bonchev–Trinajstić information content (AvgIpc) is 3.11. The Morgan fingerprint density at radius 1 is 1.20 bits per heavy atom. The fourth-order valence-corrected chi connectivity index (χ4v) is 3.26. The van der Waals surface area contributed by atoms with Gasteiger partial charge in [-0.2, -0.15) is 0 Å². The third-order valence-corrected chi connectivity index (χ3v) is 4.61. The van der Waals surface area contributed by atoms with Gasteiger partial charge in [-0.3, -0.25) is 0 Å². The van der Waals surface area contributed by atoms with Crippen molar-refractivity contribution in [2.75, 3.05) is 6.79 Å². The fraction of sp³-hybridized carbons (Fsp3) is 0.500. The lowest BCUT2D eigenvalue weighted by atomic mass is 9.98. The van der Waals surface area contributed by atoms with E-state index < -0.39 is 12.2 Å². The van der Waals surface area contributed by atoms with Crippen molar-refractivity contribution in [1.29, 1.82) is 0 Å². The van der Waals surface area contributed by atoms with Crippen LogP contribution in [0.4, 0.5) is 4.39 Å². The van der Waals surface area contributed by atoms with E-state index in [0.29, 0.717) is 18.1 Å². The number of aliphatic imine (C=N–C) groups is 1. The second-order valence-corrected chi connectivity index (χ2v) is 6.44. The number of fused-ring (bicyclic) bond motifs is 1. The lowest BCUT2D eigenvalue weighted by Gasteiger charge is -2.28. The van der Waals surface area contributed by atoms with E-state index in [-0.39, 0.29) is 12.9 Å². The van der Waals surface area contributed by atoms with Gasteiger partial charge in [0.25, 0.3) is 0 Å². The zero-order chi connectivity index (χ0) is 17.1. The van der Waals surface area contributed by atoms with E-state index in [1.807, 2.05) is 18.2 Å². The van der Waals surface area contributed by atoms with E-state index in [4.69, 9.17) is 14.2 Å². The Morgan fingerprint density at radius 2 is 2.04 bits per heavy atom. The molecule has 1 atom stereocenters. The monoisotopic (exact) mass is 347 g/mol. The molecule has 1 aromatic rings. The summed E-state index contributed by atoms with van der Waals surface area (Å²) >= 11 is 0. The quantitative estimate of drug-likeness (QED) is 0.857. The van der Waals surface area contributed by atoms with Crippen LogP contribution >= 0.6 is 0 Å². The standard InChI is InChI=1S/C18H22FN3O3/c19-14-10-21-18(25-13-4-2-1-3-5-13)22-17(14)20-9-12-6-7-15-16(8-12)24-11-23-15/h6-8,10,13,18,20,22H,1-5,9,11H2. The van der Waals surface area contributed by atoms with Crippen molar-refractivity contribution in [3.63, 3.8) is 0 Å². The Bertz CT molecular complexity index is 686. The first-order chi connectivity index (χ1) is 12.3. The smallest absolute Gasteiger partial charge is 0.231 e. The van der Waals surface area contributed by atoms with Gasteiger partial charge in [0.2, 0.25) is 13.1 Å². The third-order valence-electron chi connectivity index (χ3n) is 4.61. The van der Waals surface area contributed by atoms with Gasteiger partial charge in [0.1, 0.15) is 5.82 Å². The average molecular weight is 347 g/mol. The predicted octanol–water partition coefficient (Wildman–Crippen LogP) is 2.95. The van der Waals surface area contributed by atoms with Crippen LogP contribution in [0.3, 0.4) is 0 Å². The van der Waals surface area contributed by atoms with Crippen LogP contribution in [-0.2, 0) is 11.3 Å².